The normalized spacial score (nSPS) is 12.4. The van der Waals surface area contributed by atoms with Crippen LogP contribution in [0.3, 0.4) is 0 Å². The Morgan fingerprint density at radius 1 is 1.20 bits per heavy atom. The number of hydrogen-bond acceptors (Lipinski definition) is 1. The average Bonchev–Trinajstić information content (AvgIpc) is 2.40. The number of nitrogens with one attached hydrogen (secondary N) is 1. The molecular formula is C15H13BrCl2FN. The molecular weight excluding hydrogens is 364 g/mol. The van der Waals surface area contributed by atoms with Crippen molar-refractivity contribution in [1.29, 1.82) is 0 Å². The zero-order chi connectivity index (χ0) is 14.7. The highest BCUT2D eigenvalue weighted by molar-refractivity contribution is 9.10. The van der Waals surface area contributed by atoms with Crippen LogP contribution in [0.25, 0.3) is 0 Å². The van der Waals surface area contributed by atoms with Crippen molar-refractivity contribution in [3.05, 3.63) is 67.9 Å². The van der Waals surface area contributed by atoms with Crippen LogP contribution < -0.4 is 5.32 Å². The van der Waals surface area contributed by atoms with Gasteiger partial charge in [0, 0.05) is 15.1 Å². The molecule has 0 saturated heterocycles. The minimum absolute atomic E-state index is 0.261. The number of halogens is 4. The highest BCUT2D eigenvalue weighted by Crippen LogP contribution is 2.31. The second-order valence-electron chi connectivity index (χ2n) is 4.33. The molecule has 5 heteroatoms. The van der Waals surface area contributed by atoms with Crippen molar-refractivity contribution in [2.24, 2.45) is 0 Å². The Bertz CT molecular complexity index is 619. The van der Waals surface area contributed by atoms with Crippen LogP contribution in [-0.4, -0.2) is 6.54 Å². The number of rotatable bonds is 4. The smallest absolute Gasteiger partial charge is 0.129 e. The molecule has 2 rings (SSSR count). The third-order valence-corrected chi connectivity index (χ3v) is 4.43. The van der Waals surface area contributed by atoms with E-state index in [9.17, 15) is 4.39 Å². The van der Waals surface area contributed by atoms with E-state index in [2.05, 4.69) is 21.2 Å². The van der Waals surface area contributed by atoms with Crippen LogP contribution in [0, 0.1) is 5.82 Å². The van der Waals surface area contributed by atoms with Gasteiger partial charge in [-0.1, -0.05) is 42.3 Å². The first-order chi connectivity index (χ1) is 9.52. The van der Waals surface area contributed by atoms with Crippen molar-refractivity contribution in [2.45, 2.75) is 13.0 Å². The van der Waals surface area contributed by atoms with E-state index in [1.807, 2.05) is 25.1 Å². The largest absolute Gasteiger partial charge is 0.306 e. The minimum atomic E-state index is -0.331. The van der Waals surface area contributed by atoms with Crippen LogP contribution in [-0.2, 0) is 0 Å². The Labute approximate surface area is 136 Å². The van der Waals surface area contributed by atoms with E-state index in [1.165, 1.54) is 6.07 Å². The second-order valence-corrected chi connectivity index (χ2v) is 6.03. The summed E-state index contributed by atoms with van der Waals surface area (Å²) in [7, 11) is 0. The summed E-state index contributed by atoms with van der Waals surface area (Å²) >= 11 is 15.3. The Morgan fingerprint density at radius 2 is 1.95 bits per heavy atom. The molecule has 1 unspecified atom stereocenters. The lowest BCUT2D eigenvalue weighted by Gasteiger charge is -2.20. The first kappa shape index (κ1) is 15.8. The van der Waals surface area contributed by atoms with Gasteiger partial charge in [-0.25, -0.2) is 4.39 Å². The molecule has 0 fully saturated rings. The van der Waals surface area contributed by atoms with Crippen molar-refractivity contribution < 1.29 is 4.39 Å². The first-order valence-electron chi connectivity index (χ1n) is 6.16. The molecule has 106 valence electrons. The monoisotopic (exact) mass is 375 g/mol. The molecule has 0 aliphatic rings. The maximum Gasteiger partial charge on any atom is 0.129 e. The zero-order valence-electron chi connectivity index (χ0n) is 10.8. The van der Waals surface area contributed by atoms with Gasteiger partial charge < -0.3 is 5.32 Å². The molecule has 0 radical (unpaired) electrons. The fourth-order valence-corrected chi connectivity index (χ4v) is 2.63. The second kappa shape index (κ2) is 6.90. The predicted molar refractivity (Wildman–Crippen MR) is 86.1 cm³/mol. The van der Waals surface area contributed by atoms with Crippen molar-refractivity contribution in [3.8, 4) is 0 Å². The fraction of sp³-hybridized carbons (Fsp3) is 0.200. The van der Waals surface area contributed by atoms with Gasteiger partial charge >= 0.3 is 0 Å². The van der Waals surface area contributed by atoms with E-state index < -0.39 is 0 Å². The summed E-state index contributed by atoms with van der Waals surface area (Å²) in [6.07, 6.45) is 0. The summed E-state index contributed by atoms with van der Waals surface area (Å²) in [5.74, 6) is -0.331. The van der Waals surface area contributed by atoms with Crippen LogP contribution >= 0.6 is 39.1 Å². The van der Waals surface area contributed by atoms with E-state index in [0.29, 0.717) is 22.2 Å². The van der Waals surface area contributed by atoms with Gasteiger partial charge in [0.15, 0.2) is 0 Å². The van der Waals surface area contributed by atoms with E-state index >= 15 is 0 Å². The first-order valence-corrected chi connectivity index (χ1v) is 7.71. The molecule has 0 spiro atoms. The van der Waals surface area contributed by atoms with Gasteiger partial charge in [-0.3, -0.25) is 0 Å². The molecule has 2 aromatic carbocycles. The lowest BCUT2D eigenvalue weighted by Crippen LogP contribution is -2.23. The third kappa shape index (κ3) is 3.53. The van der Waals surface area contributed by atoms with Crippen LogP contribution in [0.1, 0.15) is 24.1 Å². The SMILES string of the molecule is CCNC(c1ccc(Br)c(Cl)c1)c1ccc(Cl)cc1F. The van der Waals surface area contributed by atoms with Gasteiger partial charge in [-0.05, 0) is 52.3 Å². The number of hydrogen-bond donors (Lipinski definition) is 1. The molecule has 0 bridgehead atoms. The molecule has 0 aromatic heterocycles. The van der Waals surface area contributed by atoms with Crippen molar-refractivity contribution in [1.82, 2.24) is 5.32 Å². The van der Waals surface area contributed by atoms with Gasteiger partial charge in [0.2, 0.25) is 0 Å². The van der Waals surface area contributed by atoms with E-state index in [-0.39, 0.29) is 11.9 Å². The molecule has 20 heavy (non-hydrogen) atoms. The molecule has 0 heterocycles. The maximum atomic E-state index is 14.1. The molecule has 0 aliphatic carbocycles. The molecule has 2 aromatic rings. The molecule has 1 N–H and O–H groups in total. The molecule has 0 amide bonds. The van der Waals surface area contributed by atoms with Crippen LogP contribution in [0.4, 0.5) is 4.39 Å². The fourth-order valence-electron chi connectivity index (χ4n) is 2.04. The quantitative estimate of drug-likeness (QED) is 0.732. The Morgan fingerprint density at radius 3 is 2.55 bits per heavy atom. The molecule has 1 nitrogen and oxygen atoms in total. The standard InChI is InChI=1S/C15H13BrCl2FN/c1-2-20-15(9-3-6-12(16)13(18)7-9)11-5-4-10(17)8-14(11)19/h3-8,15,20H,2H2,1H3. The van der Waals surface area contributed by atoms with Gasteiger partial charge in [-0.15, -0.1) is 0 Å². The highest BCUT2D eigenvalue weighted by atomic mass is 79.9. The summed E-state index contributed by atoms with van der Waals surface area (Å²) in [4.78, 5) is 0. The summed E-state index contributed by atoms with van der Waals surface area (Å²) in [5, 5.41) is 4.25. The Kier molecular flexibility index (Phi) is 5.44. The third-order valence-electron chi connectivity index (χ3n) is 2.96. The molecule has 1 atom stereocenters. The van der Waals surface area contributed by atoms with Crippen molar-refractivity contribution in [2.75, 3.05) is 6.54 Å². The summed E-state index contributed by atoms with van der Waals surface area (Å²) in [5.41, 5.74) is 1.45. The molecule has 0 aliphatic heterocycles. The van der Waals surface area contributed by atoms with Crippen LogP contribution in [0.15, 0.2) is 40.9 Å². The lowest BCUT2D eigenvalue weighted by molar-refractivity contribution is 0.559. The predicted octanol–water partition coefficient (Wildman–Crippen LogP) is 5.59. The Hall–Kier alpha value is -0.610. The van der Waals surface area contributed by atoms with Crippen LogP contribution in [0.5, 0.6) is 0 Å². The van der Waals surface area contributed by atoms with Gasteiger partial charge in [-0.2, -0.15) is 0 Å². The zero-order valence-corrected chi connectivity index (χ0v) is 13.9. The van der Waals surface area contributed by atoms with E-state index in [4.69, 9.17) is 23.2 Å². The van der Waals surface area contributed by atoms with Gasteiger partial charge in [0.05, 0.1) is 11.1 Å². The topological polar surface area (TPSA) is 12.0 Å². The minimum Gasteiger partial charge on any atom is -0.306 e. The highest BCUT2D eigenvalue weighted by Gasteiger charge is 2.18. The van der Waals surface area contributed by atoms with E-state index in [1.54, 1.807) is 12.1 Å². The van der Waals surface area contributed by atoms with Crippen molar-refractivity contribution in [3.63, 3.8) is 0 Å². The van der Waals surface area contributed by atoms with Gasteiger partial charge in [0.1, 0.15) is 5.82 Å². The lowest BCUT2D eigenvalue weighted by atomic mass is 9.98. The maximum absolute atomic E-state index is 14.1. The van der Waals surface area contributed by atoms with Crippen LogP contribution in [0.2, 0.25) is 10.0 Å². The average molecular weight is 377 g/mol. The molecule has 0 saturated carbocycles. The summed E-state index contributed by atoms with van der Waals surface area (Å²) in [6, 6.07) is 10.0. The van der Waals surface area contributed by atoms with Gasteiger partial charge in [0.25, 0.3) is 0 Å². The van der Waals surface area contributed by atoms with E-state index in [0.717, 1.165) is 10.0 Å². The number of benzene rings is 2. The summed E-state index contributed by atoms with van der Waals surface area (Å²) in [6.45, 7) is 2.68. The Balaban J connectivity index is 2.47. The van der Waals surface area contributed by atoms with Crippen molar-refractivity contribution >= 4 is 39.1 Å². The summed E-state index contributed by atoms with van der Waals surface area (Å²) < 4.78 is 14.9.